The highest BCUT2D eigenvalue weighted by Gasteiger charge is 2.00. The first-order chi connectivity index (χ1) is 7.38. The van der Waals surface area contributed by atoms with Crippen LogP contribution in [0, 0.1) is 0 Å². The van der Waals surface area contributed by atoms with Crippen molar-refractivity contribution in [2.75, 3.05) is 0 Å². The maximum absolute atomic E-state index is 4.38. The Morgan fingerprint density at radius 1 is 1.07 bits per heavy atom. The van der Waals surface area contributed by atoms with Crippen molar-refractivity contribution in [2.45, 2.75) is 65.3 Å². The molecule has 0 aliphatic carbocycles. The second-order valence-corrected chi connectivity index (χ2v) is 4.21. The molecule has 1 aromatic heterocycles. The van der Waals surface area contributed by atoms with Gasteiger partial charge in [-0.25, -0.2) is 0 Å². The highest BCUT2D eigenvalue weighted by atomic mass is 15.3. The van der Waals surface area contributed by atoms with E-state index < -0.39 is 0 Å². The summed E-state index contributed by atoms with van der Waals surface area (Å²) in [7, 11) is 0. The average molecular weight is 208 g/mol. The molecule has 15 heavy (non-hydrogen) atoms. The van der Waals surface area contributed by atoms with E-state index in [2.05, 4.69) is 29.7 Å². The molecule has 0 N–H and O–H groups in total. The molecule has 0 spiro atoms. The summed E-state index contributed by atoms with van der Waals surface area (Å²) in [5.41, 5.74) is 1.41. The van der Waals surface area contributed by atoms with Gasteiger partial charge in [0, 0.05) is 18.4 Å². The van der Waals surface area contributed by atoms with E-state index in [1.807, 2.05) is 6.20 Å². The van der Waals surface area contributed by atoms with E-state index in [4.69, 9.17) is 0 Å². The van der Waals surface area contributed by atoms with Gasteiger partial charge in [-0.15, -0.1) is 0 Å². The highest BCUT2D eigenvalue weighted by molar-refractivity contribution is 5.00. The molecular formula is C13H24N2. The molecule has 0 unspecified atom stereocenters. The predicted octanol–water partition coefficient (Wildman–Crippen LogP) is 3.81. The summed E-state index contributed by atoms with van der Waals surface area (Å²) >= 11 is 0. The van der Waals surface area contributed by atoms with Gasteiger partial charge in [-0.05, 0) is 25.3 Å². The van der Waals surface area contributed by atoms with E-state index in [9.17, 15) is 0 Å². The Balaban J connectivity index is 2.29. The van der Waals surface area contributed by atoms with Gasteiger partial charge >= 0.3 is 0 Å². The third-order valence-corrected chi connectivity index (χ3v) is 2.81. The van der Waals surface area contributed by atoms with E-state index in [0.717, 1.165) is 6.54 Å². The van der Waals surface area contributed by atoms with Gasteiger partial charge in [0.15, 0.2) is 0 Å². The van der Waals surface area contributed by atoms with Crippen LogP contribution in [0.4, 0.5) is 0 Å². The molecule has 0 aliphatic heterocycles. The van der Waals surface area contributed by atoms with Crippen molar-refractivity contribution in [3.8, 4) is 0 Å². The average Bonchev–Trinajstić information content (AvgIpc) is 2.69. The summed E-state index contributed by atoms with van der Waals surface area (Å²) in [4.78, 5) is 0. The Labute approximate surface area is 93.7 Å². The van der Waals surface area contributed by atoms with Crippen molar-refractivity contribution in [3.63, 3.8) is 0 Å². The number of hydrogen-bond acceptors (Lipinski definition) is 1. The molecule has 1 aromatic rings. The quantitative estimate of drug-likeness (QED) is 0.594. The van der Waals surface area contributed by atoms with Gasteiger partial charge in [0.1, 0.15) is 0 Å². The SMILES string of the molecule is CCCCCCn1nccc1CCCC. The van der Waals surface area contributed by atoms with Gasteiger partial charge in [0.25, 0.3) is 0 Å². The van der Waals surface area contributed by atoms with Crippen LogP contribution in [-0.2, 0) is 13.0 Å². The number of hydrogen-bond donors (Lipinski definition) is 0. The molecule has 1 heterocycles. The van der Waals surface area contributed by atoms with Crippen molar-refractivity contribution >= 4 is 0 Å². The van der Waals surface area contributed by atoms with Crippen LogP contribution in [0.3, 0.4) is 0 Å². The summed E-state index contributed by atoms with van der Waals surface area (Å²) < 4.78 is 2.19. The molecule has 0 saturated carbocycles. The Morgan fingerprint density at radius 2 is 1.87 bits per heavy atom. The van der Waals surface area contributed by atoms with E-state index in [1.165, 1.54) is 50.6 Å². The zero-order chi connectivity index (χ0) is 10.9. The zero-order valence-electron chi connectivity index (χ0n) is 10.2. The molecule has 2 heteroatoms. The van der Waals surface area contributed by atoms with Crippen LogP contribution in [0.15, 0.2) is 12.3 Å². The third-order valence-electron chi connectivity index (χ3n) is 2.81. The molecular weight excluding hydrogens is 184 g/mol. The van der Waals surface area contributed by atoms with Crippen molar-refractivity contribution in [1.29, 1.82) is 0 Å². The van der Waals surface area contributed by atoms with Crippen molar-refractivity contribution < 1.29 is 0 Å². The van der Waals surface area contributed by atoms with Gasteiger partial charge in [-0.1, -0.05) is 39.5 Å². The van der Waals surface area contributed by atoms with Gasteiger partial charge in [0.2, 0.25) is 0 Å². The maximum atomic E-state index is 4.38. The minimum Gasteiger partial charge on any atom is -0.270 e. The van der Waals surface area contributed by atoms with E-state index in [1.54, 1.807) is 0 Å². The summed E-state index contributed by atoms with van der Waals surface area (Å²) in [6, 6.07) is 2.16. The zero-order valence-corrected chi connectivity index (χ0v) is 10.2. The van der Waals surface area contributed by atoms with Gasteiger partial charge < -0.3 is 0 Å². The smallest absolute Gasteiger partial charge is 0.0492 e. The first-order valence-corrected chi connectivity index (χ1v) is 6.39. The molecule has 1 rings (SSSR count). The fourth-order valence-corrected chi connectivity index (χ4v) is 1.82. The Bertz CT molecular complexity index is 253. The first kappa shape index (κ1) is 12.3. The lowest BCUT2D eigenvalue weighted by Gasteiger charge is -2.06. The van der Waals surface area contributed by atoms with Crippen LogP contribution >= 0.6 is 0 Å². The summed E-state index contributed by atoms with van der Waals surface area (Å²) in [6.45, 7) is 5.59. The van der Waals surface area contributed by atoms with Crippen LogP contribution < -0.4 is 0 Å². The van der Waals surface area contributed by atoms with Crippen LogP contribution in [0.5, 0.6) is 0 Å². The van der Waals surface area contributed by atoms with Crippen molar-refractivity contribution in [3.05, 3.63) is 18.0 Å². The summed E-state index contributed by atoms with van der Waals surface area (Å²) in [5.74, 6) is 0. The van der Waals surface area contributed by atoms with E-state index in [-0.39, 0.29) is 0 Å². The Kier molecular flexibility index (Phi) is 6.14. The minimum absolute atomic E-state index is 1.10. The lowest BCUT2D eigenvalue weighted by molar-refractivity contribution is 0.520. The second-order valence-electron chi connectivity index (χ2n) is 4.21. The fraction of sp³-hybridized carbons (Fsp3) is 0.769. The summed E-state index contributed by atoms with van der Waals surface area (Å²) in [6.07, 6.45) is 10.9. The van der Waals surface area contributed by atoms with Crippen molar-refractivity contribution in [1.82, 2.24) is 9.78 Å². The molecule has 86 valence electrons. The first-order valence-electron chi connectivity index (χ1n) is 6.39. The second kappa shape index (κ2) is 7.49. The largest absolute Gasteiger partial charge is 0.270 e. The minimum atomic E-state index is 1.10. The molecule has 0 saturated heterocycles. The van der Waals surface area contributed by atoms with Crippen LogP contribution in [0.2, 0.25) is 0 Å². The monoisotopic (exact) mass is 208 g/mol. The molecule has 0 bridgehead atoms. The van der Waals surface area contributed by atoms with Crippen LogP contribution in [0.1, 0.15) is 58.1 Å². The molecule has 0 aliphatic rings. The third kappa shape index (κ3) is 4.50. The number of nitrogens with zero attached hydrogens (tertiary/aromatic N) is 2. The standard InChI is InChI=1S/C13H24N2/c1-3-5-7-8-12-15-13(9-6-4-2)10-11-14-15/h10-11H,3-9,12H2,1-2H3. The normalized spacial score (nSPS) is 10.8. The summed E-state index contributed by atoms with van der Waals surface area (Å²) in [5, 5.41) is 4.38. The van der Waals surface area contributed by atoms with Gasteiger partial charge in [-0.2, -0.15) is 5.10 Å². The van der Waals surface area contributed by atoms with E-state index >= 15 is 0 Å². The molecule has 0 aromatic carbocycles. The number of aryl methyl sites for hydroxylation is 2. The molecule has 0 radical (unpaired) electrons. The predicted molar refractivity (Wildman–Crippen MR) is 65.0 cm³/mol. The van der Waals surface area contributed by atoms with Gasteiger partial charge in [0.05, 0.1) is 0 Å². The number of rotatable bonds is 8. The molecule has 0 amide bonds. The number of unbranched alkanes of at least 4 members (excludes halogenated alkanes) is 4. The fourth-order valence-electron chi connectivity index (χ4n) is 1.82. The molecule has 0 atom stereocenters. The van der Waals surface area contributed by atoms with Crippen LogP contribution in [-0.4, -0.2) is 9.78 Å². The molecule has 2 nitrogen and oxygen atoms in total. The Hall–Kier alpha value is -0.790. The topological polar surface area (TPSA) is 17.8 Å². The lowest BCUT2D eigenvalue weighted by Crippen LogP contribution is -2.05. The van der Waals surface area contributed by atoms with Gasteiger partial charge in [-0.3, -0.25) is 4.68 Å². The highest BCUT2D eigenvalue weighted by Crippen LogP contribution is 2.07. The maximum Gasteiger partial charge on any atom is 0.0492 e. The lowest BCUT2D eigenvalue weighted by atomic mass is 10.2. The van der Waals surface area contributed by atoms with E-state index in [0.29, 0.717) is 0 Å². The van der Waals surface area contributed by atoms with Crippen LogP contribution in [0.25, 0.3) is 0 Å². The number of aromatic nitrogens is 2. The van der Waals surface area contributed by atoms with Crippen molar-refractivity contribution in [2.24, 2.45) is 0 Å². The molecule has 0 fully saturated rings. The Morgan fingerprint density at radius 3 is 2.60 bits per heavy atom.